The number of sulfonamides is 1. The zero-order chi connectivity index (χ0) is 18.6. The standard InChI is InChI=1S/C17H18F2N2O3S/c1-12-11-15(19)5-8-17(12)25(23,24)20-9-10-21(13(2)22)16-6-3-14(18)4-7-16/h3-8,11,20H,9-10H2,1-2H3. The Morgan fingerprint density at radius 2 is 1.68 bits per heavy atom. The molecule has 0 saturated heterocycles. The molecule has 8 heteroatoms. The van der Waals surface area contributed by atoms with Crippen molar-refractivity contribution in [1.82, 2.24) is 4.72 Å². The van der Waals surface area contributed by atoms with E-state index in [4.69, 9.17) is 0 Å². The summed E-state index contributed by atoms with van der Waals surface area (Å²) in [5, 5.41) is 0. The summed E-state index contributed by atoms with van der Waals surface area (Å²) in [4.78, 5) is 13.1. The molecular formula is C17H18F2N2O3S. The molecule has 1 amide bonds. The van der Waals surface area contributed by atoms with Gasteiger partial charge in [-0.05, 0) is 55.0 Å². The molecule has 2 aromatic carbocycles. The first-order valence-electron chi connectivity index (χ1n) is 7.50. The second kappa shape index (κ2) is 7.71. The molecule has 0 unspecified atom stereocenters. The van der Waals surface area contributed by atoms with Crippen LogP contribution in [-0.4, -0.2) is 27.4 Å². The summed E-state index contributed by atoms with van der Waals surface area (Å²) in [6, 6.07) is 8.71. The Kier molecular flexibility index (Phi) is 5.86. The SMILES string of the molecule is CC(=O)N(CCNS(=O)(=O)c1ccc(F)cc1C)c1ccc(F)cc1. The van der Waals surface area contributed by atoms with Crippen LogP contribution in [-0.2, 0) is 14.8 Å². The number of halogens is 2. The molecule has 0 bridgehead atoms. The molecular weight excluding hydrogens is 350 g/mol. The highest BCUT2D eigenvalue weighted by atomic mass is 32.2. The van der Waals surface area contributed by atoms with E-state index in [9.17, 15) is 22.0 Å². The van der Waals surface area contributed by atoms with Crippen molar-refractivity contribution >= 4 is 21.6 Å². The van der Waals surface area contributed by atoms with Crippen LogP contribution in [0.1, 0.15) is 12.5 Å². The van der Waals surface area contributed by atoms with Gasteiger partial charge < -0.3 is 4.90 Å². The monoisotopic (exact) mass is 368 g/mol. The highest BCUT2D eigenvalue weighted by Crippen LogP contribution is 2.17. The summed E-state index contributed by atoms with van der Waals surface area (Å²) >= 11 is 0. The summed E-state index contributed by atoms with van der Waals surface area (Å²) < 4.78 is 53.1. The van der Waals surface area contributed by atoms with Crippen LogP contribution in [0.4, 0.5) is 14.5 Å². The lowest BCUT2D eigenvalue weighted by molar-refractivity contribution is -0.116. The van der Waals surface area contributed by atoms with Gasteiger partial charge in [-0.15, -0.1) is 0 Å². The van der Waals surface area contributed by atoms with Gasteiger partial charge in [0.15, 0.2) is 0 Å². The maximum atomic E-state index is 13.1. The van der Waals surface area contributed by atoms with Crippen LogP contribution in [0.15, 0.2) is 47.4 Å². The number of carbonyl (C=O) groups is 1. The highest BCUT2D eigenvalue weighted by molar-refractivity contribution is 7.89. The molecule has 0 heterocycles. The number of aryl methyl sites for hydroxylation is 1. The maximum absolute atomic E-state index is 13.1. The van der Waals surface area contributed by atoms with Gasteiger partial charge in [0, 0.05) is 25.7 Å². The predicted molar refractivity (Wildman–Crippen MR) is 90.8 cm³/mol. The van der Waals surface area contributed by atoms with Crippen molar-refractivity contribution in [3.05, 3.63) is 59.7 Å². The van der Waals surface area contributed by atoms with Gasteiger partial charge in [-0.25, -0.2) is 21.9 Å². The number of benzene rings is 2. The number of amides is 1. The molecule has 2 rings (SSSR count). The lowest BCUT2D eigenvalue weighted by Gasteiger charge is -2.21. The number of nitrogens with zero attached hydrogens (tertiary/aromatic N) is 1. The molecule has 0 fully saturated rings. The number of anilines is 1. The van der Waals surface area contributed by atoms with E-state index in [2.05, 4.69) is 4.72 Å². The van der Waals surface area contributed by atoms with Crippen LogP contribution in [0.3, 0.4) is 0 Å². The van der Waals surface area contributed by atoms with Gasteiger partial charge in [0.05, 0.1) is 4.90 Å². The van der Waals surface area contributed by atoms with Crippen molar-refractivity contribution in [3.8, 4) is 0 Å². The van der Waals surface area contributed by atoms with Gasteiger partial charge in [0.2, 0.25) is 15.9 Å². The van der Waals surface area contributed by atoms with Crippen molar-refractivity contribution in [3.63, 3.8) is 0 Å². The Labute approximate surface area is 145 Å². The third-order valence-electron chi connectivity index (χ3n) is 3.57. The second-order valence-electron chi connectivity index (χ2n) is 5.45. The minimum atomic E-state index is -3.83. The molecule has 134 valence electrons. The average Bonchev–Trinajstić information content (AvgIpc) is 2.52. The van der Waals surface area contributed by atoms with Crippen molar-refractivity contribution in [1.29, 1.82) is 0 Å². The molecule has 25 heavy (non-hydrogen) atoms. The smallest absolute Gasteiger partial charge is 0.240 e. The molecule has 0 spiro atoms. The topological polar surface area (TPSA) is 66.5 Å². The van der Waals surface area contributed by atoms with Crippen LogP contribution in [0.2, 0.25) is 0 Å². The largest absolute Gasteiger partial charge is 0.311 e. The number of hydrogen-bond acceptors (Lipinski definition) is 3. The minimum absolute atomic E-state index is 0.0231. The minimum Gasteiger partial charge on any atom is -0.311 e. The van der Waals surface area contributed by atoms with Gasteiger partial charge in [0.25, 0.3) is 0 Å². The van der Waals surface area contributed by atoms with Crippen molar-refractivity contribution in [2.75, 3.05) is 18.0 Å². The summed E-state index contributed by atoms with van der Waals surface area (Å²) in [7, 11) is -3.83. The zero-order valence-electron chi connectivity index (χ0n) is 13.8. The normalized spacial score (nSPS) is 11.4. The zero-order valence-corrected chi connectivity index (χ0v) is 14.6. The molecule has 0 aliphatic rings. The Hall–Kier alpha value is -2.32. The van der Waals surface area contributed by atoms with Crippen LogP contribution in [0.25, 0.3) is 0 Å². The molecule has 5 nitrogen and oxygen atoms in total. The summed E-state index contributed by atoms with van der Waals surface area (Å²) in [6.45, 7) is 2.86. The first-order chi connectivity index (χ1) is 11.7. The number of carbonyl (C=O) groups excluding carboxylic acids is 1. The third kappa shape index (κ3) is 4.83. The van der Waals surface area contributed by atoms with Gasteiger partial charge in [-0.2, -0.15) is 0 Å². The van der Waals surface area contributed by atoms with Gasteiger partial charge in [-0.1, -0.05) is 0 Å². The Balaban J connectivity index is 2.08. The average molecular weight is 368 g/mol. The first kappa shape index (κ1) is 19.0. The lowest BCUT2D eigenvalue weighted by Crippen LogP contribution is -2.37. The summed E-state index contributed by atoms with van der Waals surface area (Å²) in [5.74, 6) is -1.25. The molecule has 0 aliphatic heterocycles. The van der Waals surface area contributed by atoms with E-state index in [0.717, 1.165) is 12.1 Å². The van der Waals surface area contributed by atoms with Crippen LogP contribution < -0.4 is 9.62 Å². The molecule has 2 aromatic rings. The van der Waals surface area contributed by atoms with Crippen LogP contribution >= 0.6 is 0 Å². The number of rotatable bonds is 6. The molecule has 0 atom stereocenters. The quantitative estimate of drug-likeness (QED) is 0.852. The number of nitrogens with one attached hydrogen (secondary N) is 1. The van der Waals surface area contributed by atoms with E-state index in [1.54, 1.807) is 0 Å². The van der Waals surface area contributed by atoms with Crippen LogP contribution in [0, 0.1) is 18.6 Å². The summed E-state index contributed by atoms with van der Waals surface area (Å²) in [5.41, 5.74) is 0.750. The maximum Gasteiger partial charge on any atom is 0.240 e. The van der Waals surface area contributed by atoms with E-state index in [-0.39, 0.29) is 29.5 Å². The molecule has 1 N–H and O–H groups in total. The van der Waals surface area contributed by atoms with Gasteiger partial charge in [0.1, 0.15) is 11.6 Å². The second-order valence-corrected chi connectivity index (χ2v) is 7.19. The van der Waals surface area contributed by atoms with Gasteiger partial charge >= 0.3 is 0 Å². The fourth-order valence-electron chi connectivity index (χ4n) is 2.37. The van der Waals surface area contributed by atoms with Gasteiger partial charge in [-0.3, -0.25) is 4.79 Å². The highest BCUT2D eigenvalue weighted by Gasteiger charge is 2.18. The Morgan fingerprint density at radius 3 is 2.24 bits per heavy atom. The molecule has 0 saturated carbocycles. The fourth-order valence-corrected chi connectivity index (χ4v) is 3.62. The van der Waals surface area contributed by atoms with E-state index >= 15 is 0 Å². The first-order valence-corrected chi connectivity index (χ1v) is 8.98. The summed E-state index contributed by atoms with van der Waals surface area (Å²) in [6.07, 6.45) is 0. The lowest BCUT2D eigenvalue weighted by atomic mass is 10.2. The molecule has 0 aliphatic carbocycles. The molecule has 0 radical (unpaired) electrons. The predicted octanol–water partition coefficient (Wildman–Crippen LogP) is 2.60. The van der Waals surface area contributed by atoms with E-state index in [0.29, 0.717) is 5.69 Å². The van der Waals surface area contributed by atoms with Crippen molar-refractivity contribution in [2.24, 2.45) is 0 Å². The molecule has 0 aromatic heterocycles. The van der Waals surface area contributed by atoms with Crippen molar-refractivity contribution < 1.29 is 22.0 Å². The van der Waals surface area contributed by atoms with Crippen molar-refractivity contribution in [2.45, 2.75) is 18.7 Å². The number of hydrogen-bond donors (Lipinski definition) is 1. The van der Waals surface area contributed by atoms with Crippen LogP contribution in [0.5, 0.6) is 0 Å². The van der Waals surface area contributed by atoms with E-state index in [1.165, 1.54) is 49.1 Å². The van der Waals surface area contributed by atoms with E-state index < -0.39 is 21.7 Å². The fraction of sp³-hybridized carbons (Fsp3) is 0.235. The van der Waals surface area contributed by atoms with E-state index in [1.807, 2.05) is 0 Å². The Morgan fingerprint density at radius 1 is 1.08 bits per heavy atom. The Bertz CT molecular complexity index is 868. The third-order valence-corrected chi connectivity index (χ3v) is 5.19.